The van der Waals surface area contributed by atoms with Gasteiger partial charge in [-0.3, -0.25) is 0 Å². The molecule has 0 aromatic heterocycles. The first-order valence-corrected chi connectivity index (χ1v) is 4.12. The van der Waals surface area contributed by atoms with Crippen LogP contribution in [0.4, 0.5) is 8.78 Å². The Bertz CT molecular complexity index is 269. The van der Waals surface area contributed by atoms with Gasteiger partial charge in [0.15, 0.2) is 0 Å². The van der Waals surface area contributed by atoms with Crippen LogP contribution >= 0.6 is 0 Å². The van der Waals surface area contributed by atoms with E-state index in [-0.39, 0.29) is 5.75 Å². The van der Waals surface area contributed by atoms with E-state index in [0.29, 0.717) is 11.1 Å². The molecule has 0 spiro atoms. The third-order valence-electron chi connectivity index (χ3n) is 1.88. The lowest BCUT2D eigenvalue weighted by atomic mass is 10.0. The van der Waals surface area contributed by atoms with Gasteiger partial charge in [0.2, 0.25) is 0 Å². The first kappa shape index (κ1) is 9.96. The summed E-state index contributed by atoms with van der Waals surface area (Å²) < 4.78 is 25.6. The average molecular weight is 186 g/mol. The smallest absolute Gasteiger partial charge is 0.122 e. The molecule has 1 nitrogen and oxygen atoms in total. The highest BCUT2D eigenvalue weighted by Crippen LogP contribution is 2.27. The number of benzene rings is 1. The molecule has 72 valence electrons. The van der Waals surface area contributed by atoms with Crippen molar-refractivity contribution in [2.75, 3.05) is 0 Å². The van der Waals surface area contributed by atoms with Gasteiger partial charge in [-0.05, 0) is 43.2 Å². The van der Waals surface area contributed by atoms with Gasteiger partial charge in [0.25, 0.3) is 0 Å². The Hall–Kier alpha value is -1.12. The molecular weight excluding hydrogens is 174 g/mol. The van der Waals surface area contributed by atoms with E-state index in [1.807, 2.05) is 0 Å². The molecule has 0 saturated carbocycles. The van der Waals surface area contributed by atoms with Crippen LogP contribution in [0.5, 0.6) is 5.75 Å². The second kappa shape index (κ2) is 3.73. The standard InChI is InChI=1S/C10H12F2O/c1-6(11)8-3-9(7(2)12)5-10(13)4-8/h3-7,13H,1-2H3. The van der Waals surface area contributed by atoms with E-state index in [2.05, 4.69) is 0 Å². The zero-order valence-corrected chi connectivity index (χ0v) is 7.59. The zero-order chi connectivity index (χ0) is 10.0. The second-order valence-electron chi connectivity index (χ2n) is 3.09. The molecule has 1 aromatic rings. The van der Waals surface area contributed by atoms with Crippen molar-refractivity contribution < 1.29 is 13.9 Å². The fourth-order valence-electron chi connectivity index (χ4n) is 1.12. The first-order chi connectivity index (χ1) is 6.00. The molecule has 1 N–H and O–H groups in total. The molecule has 0 bridgehead atoms. The van der Waals surface area contributed by atoms with E-state index in [1.165, 1.54) is 32.0 Å². The van der Waals surface area contributed by atoms with Crippen LogP contribution < -0.4 is 0 Å². The second-order valence-corrected chi connectivity index (χ2v) is 3.09. The Labute approximate surface area is 76.0 Å². The summed E-state index contributed by atoms with van der Waals surface area (Å²) in [6, 6.07) is 4.03. The molecule has 0 radical (unpaired) electrons. The quantitative estimate of drug-likeness (QED) is 0.749. The summed E-state index contributed by atoms with van der Waals surface area (Å²) in [5.41, 5.74) is 0.610. The minimum atomic E-state index is -1.19. The van der Waals surface area contributed by atoms with Crippen molar-refractivity contribution in [3.05, 3.63) is 29.3 Å². The highest BCUT2D eigenvalue weighted by molar-refractivity contribution is 5.35. The predicted molar refractivity (Wildman–Crippen MR) is 47.2 cm³/mol. The summed E-state index contributed by atoms with van der Waals surface area (Å²) in [6.45, 7) is 2.70. The van der Waals surface area contributed by atoms with Crippen molar-refractivity contribution in [3.63, 3.8) is 0 Å². The van der Waals surface area contributed by atoms with Crippen molar-refractivity contribution in [3.8, 4) is 5.75 Å². The highest BCUT2D eigenvalue weighted by Gasteiger charge is 2.09. The fraction of sp³-hybridized carbons (Fsp3) is 0.400. The van der Waals surface area contributed by atoms with Gasteiger partial charge in [0, 0.05) is 0 Å². The Morgan fingerprint density at radius 1 is 1.00 bits per heavy atom. The van der Waals surface area contributed by atoms with Crippen molar-refractivity contribution in [1.82, 2.24) is 0 Å². The van der Waals surface area contributed by atoms with Gasteiger partial charge in [-0.25, -0.2) is 8.78 Å². The third-order valence-corrected chi connectivity index (χ3v) is 1.88. The molecule has 0 saturated heterocycles. The monoisotopic (exact) mass is 186 g/mol. The number of halogens is 2. The van der Waals surface area contributed by atoms with E-state index in [1.54, 1.807) is 0 Å². The number of rotatable bonds is 2. The summed E-state index contributed by atoms with van der Waals surface area (Å²) in [5.74, 6) is -0.0958. The van der Waals surface area contributed by atoms with Crippen molar-refractivity contribution in [2.45, 2.75) is 26.2 Å². The maximum Gasteiger partial charge on any atom is 0.122 e. The van der Waals surface area contributed by atoms with Crippen LogP contribution in [-0.2, 0) is 0 Å². The van der Waals surface area contributed by atoms with Gasteiger partial charge in [0.05, 0.1) is 0 Å². The Morgan fingerprint density at radius 2 is 1.38 bits per heavy atom. The molecule has 0 fully saturated rings. The number of aromatic hydroxyl groups is 1. The van der Waals surface area contributed by atoms with Crippen LogP contribution in [0, 0.1) is 0 Å². The maximum absolute atomic E-state index is 12.8. The van der Waals surface area contributed by atoms with E-state index in [9.17, 15) is 8.78 Å². The molecule has 0 amide bonds. The molecule has 1 aromatic carbocycles. The van der Waals surface area contributed by atoms with E-state index >= 15 is 0 Å². The zero-order valence-electron chi connectivity index (χ0n) is 7.59. The third kappa shape index (κ3) is 2.41. The van der Waals surface area contributed by atoms with Gasteiger partial charge >= 0.3 is 0 Å². The van der Waals surface area contributed by atoms with Crippen molar-refractivity contribution in [2.24, 2.45) is 0 Å². The van der Waals surface area contributed by atoms with Gasteiger partial charge < -0.3 is 5.11 Å². The van der Waals surface area contributed by atoms with Gasteiger partial charge in [-0.15, -0.1) is 0 Å². The van der Waals surface area contributed by atoms with E-state index in [0.717, 1.165) is 0 Å². The molecule has 3 heteroatoms. The highest BCUT2D eigenvalue weighted by atomic mass is 19.1. The summed E-state index contributed by atoms with van der Waals surface area (Å²) >= 11 is 0. The minimum absolute atomic E-state index is 0.0958. The molecule has 1 rings (SSSR count). The number of hydrogen-bond donors (Lipinski definition) is 1. The molecule has 2 unspecified atom stereocenters. The maximum atomic E-state index is 12.8. The molecule has 0 aliphatic rings. The van der Waals surface area contributed by atoms with Crippen LogP contribution in [0.25, 0.3) is 0 Å². The lowest BCUT2D eigenvalue weighted by Crippen LogP contribution is -1.91. The number of hydrogen-bond acceptors (Lipinski definition) is 1. The van der Waals surface area contributed by atoms with E-state index in [4.69, 9.17) is 5.11 Å². The summed E-state index contributed by atoms with van der Waals surface area (Å²) in [4.78, 5) is 0. The first-order valence-electron chi connectivity index (χ1n) is 4.12. The Kier molecular flexibility index (Phi) is 2.86. The van der Waals surface area contributed by atoms with Gasteiger partial charge in [-0.1, -0.05) is 0 Å². The Balaban J connectivity index is 3.11. The van der Waals surface area contributed by atoms with E-state index < -0.39 is 12.3 Å². The predicted octanol–water partition coefficient (Wildman–Crippen LogP) is 3.45. The molecule has 0 heterocycles. The summed E-state index contributed by atoms with van der Waals surface area (Å²) in [7, 11) is 0. The summed E-state index contributed by atoms with van der Waals surface area (Å²) in [6.07, 6.45) is -2.38. The molecule has 0 aliphatic carbocycles. The molecule has 0 aliphatic heterocycles. The van der Waals surface area contributed by atoms with Gasteiger partial charge in [0.1, 0.15) is 18.1 Å². The minimum Gasteiger partial charge on any atom is -0.508 e. The van der Waals surface area contributed by atoms with Crippen LogP contribution in [0.1, 0.15) is 37.3 Å². The van der Waals surface area contributed by atoms with Crippen molar-refractivity contribution in [1.29, 1.82) is 0 Å². The van der Waals surface area contributed by atoms with Crippen LogP contribution in [0.15, 0.2) is 18.2 Å². The molecule has 13 heavy (non-hydrogen) atoms. The van der Waals surface area contributed by atoms with Crippen molar-refractivity contribution >= 4 is 0 Å². The molecule has 2 atom stereocenters. The van der Waals surface area contributed by atoms with Crippen LogP contribution in [0.2, 0.25) is 0 Å². The number of alkyl halides is 2. The number of phenols is 1. The number of phenolic OH excluding ortho intramolecular Hbond substituents is 1. The van der Waals surface area contributed by atoms with Crippen LogP contribution in [-0.4, -0.2) is 5.11 Å². The summed E-state index contributed by atoms with van der Waals surface area (Å²) in [5, 5.41) is 9.16. The Morgan fingerprint density at radius 3 is 1.69 bits per heavy atom. The lowest BCUT2D eigenvalue weighted by Gasteiger charge is -2.08. The largest absolute Gasteiger partial charge is 0.508 e. The van der Waals surface area contributed by atoms with Gasteiger partial charge in [-0.2, -0.15) is 0 Å². The lowest BCUT2D eigenvalue weighted by molar-refractivity contribution is 0.360. The average Bonchev–Trinajstić information content (AvgIpc) is 2.03. The SMILES string of the molecule is CC(F)c1cc(O)cc(C(C)F)c1. The normalized spacial score (nSPS) is 15.4. The fourth-order valence-corrected chi connectivity index (χ4v) is 1.12. The van der Waals surface area contributed by atoms with Crippen LogP contribution in [0.3, 0.4) is 0 Å². The molecular formula is C10H12F2O. The topological polar surface area (TPSA) is 20.2 Å².